The Morgan fingerprint density at radius 3 is 2.58 bits per heavy atom. The van der Waals surface area contributed by atoms with Gasteiger partial charge >= 0.3 is 5.97 Å². The zero-order chi connectivity index (χ0) is 14.3. The topological polar surface area (TPSA) is 37.3 Å². The molecule has 3 heteroatoms. The predicted molar refractivity (Wildman–Crippen MR) is 75.0 cm³/mol. The molecular formula is C16H23FO2. The minimum Gasteiger partial charge on any atom is -0.478 e. The van der Waals surface area contributed by atoms with E-state index in [0.717, 1.165) is 24.8 Å². The Balaban J connectivity index is 2.64. The molecule has 0 aliphatic rings. The second kappa shape index (κ2) is 7.93. The van der Waals surface area contributed by atoms with E-state index < -0.39 is 11.8 Å². The van der Waals surface area contributed by atoms with Crippen molar-refractivity contribution in [3.05, 3.63) is 35.1 Å². The number of aromatic carboxylic acids is 1. The van der Waals surface area contributed by atoms with Gasteiger partial charge in [-0.1, -0.05) is 52.0 Å². The lowest BCUT2D eigenvalue weighted by Gasteiger charge is -2.15. The van der Waals surface area contributed by atoms with Crippen molar-refractivity contribution in [2.24, 2.45) is 5.92 Å². The van der Waals surface area contributed by atoms with Crippen LogP contribution in [0.5, 0.6) is 0 Å². The van der Waals surface area contributed by atoms with Gasteiger partial charge < -0.3 is 5.11 Å². The highest BCUT2D eigenvalue weighted by Gasteiger charge is 2.12. The summed E-state index contributed by atoms with van der Waals surface area (Å²) in [5.41, 5.74) is 0.647. The highest BCUT2D eigenvalue weighted by atomic mass is 19.1. The third-order valence-electron chi connectivity index (χ3n) is 3.58. The van der Waals surface area contributed by atoms with Gasteiger partial charge in [0.2, 0.25) is 0 Å². The molecule has 0 heterocycles. The summed E-state index contributed by atoms with van der Waals surface area (Å²) in [4.78, 5) is 10.7. The third kappa shape index (κ3) is 5.01. The Kier molecular flexibility index (Phi) is 6.54. The van der Waals surface area contributed by atoms with Crippen LogP contribution < -0.4 is 0 Å². The van der Waals surface area contributed by atoms with Crippen molar-refractivity contribution in [3.8, 4) is 0 Å². The molecule has 1 N–H and O–H groups in total. The van der Waals surface area contributed by atoms with Crippen LogP contribution in [0.25, 0.3) is 0 Å². The minimum atomic E-state index is -1.21. The van der Waals surface area contributed by atoms with Crippen LogP contribution in [-0.2, 0) is 6.42 Å². The molecule has 1 rings (SSSR count). The van der Waals surface area contributed by atoms with Crippen molar-refractivity contribution in [3.63, 3.8) is 0 Å². The zero-order valence-corrected chi connectivity index (χ0v) is 11.8. The first kappa shape index (κ1) is 15.7. The Labute approximate surface area is 114 Å². The number of unbranched alkanes of at least 4 members (excludes halogenated alkanes) is 2. The largest absolute Gasteiger partial charge is 0.478 e. The SMILES string of the molecule is CCCCCC(CC)Cc1ccc(C(=O)O)c(F)c1. The van der Waals surface area contributed by atoms with Crippen molar-refractivity contribution in [2.75, 3.05) is 0 Å². The predicted octanol–water partition coefficient (Wildman–Crippen LogP) is 4.67. The van der Waals surface area contributed by atoms with Gasteiger partial charge in [-0.25, -0.2) is 9.18 Å². The molecule has 1 aromatic rings. The maximum Gasteiger partial charge on any atom is 0.338 e. The van der Waals surface area contributed by atoms with E-state index in [2.05, 4.69) is 13.8 Å². The minimum absolute atomic E-state index is 0.247. The van der Waals surface area contributed by atoms with Crippen molar-refractivity contribution >= 4 is 5.97 Å². The second-order valence-corrected chi connectivity index (χ2v) is 5.09. The molecule has 19 heavy (non-hydrogen) atoms. The highest BCUT2D eigenvalue weighted by Crippen LogP contribution is 2.20. The van der Waals surface area contributed by atoms with E-state index >= 15 is 0 Å². The first-order chi connectivity index (χ1) is 9.08. The summed E-state index contributed by atoms with van der Waals surface area (Å²) in [6, 6.07) is 4.46. The lowest BCUT2D eigenvalue weighted by atomic mass is 9.91. The van der Waals surface area contributed by atoms with E-state index in [0.29, 0.717) is 5.92 Å². The molecule has 1 unspecified atom stereocenters. The summed E-state index contributed by atoms with van der Waals surface area (Å²) >= 11 is 0. The lowest BCUT2D eigenvalue weighted by molar-refractivity contribution is 0.0692. The molecule has 0 radical (unpaired) electrons. The fourth-order valence-corrected chi connectivity index (χ4v) is 2.33. The summed E-state index contributed by atoms with van der Waals surface area (Å²) in [6.45, 7) is 4.33. The number of benzene rings is 1. The molecular weight excluding hydrogens is 243 g/mol. The van der Waals surface area contributed by atoms with Crippen molar-refractivity contribution in [1.29, 1.82) is 0 Å². The van der Waals surface area contributed by atoms with Gasteiger partial charge in [0.1, 0.15) is 5.82 Å². The molecule has 0 aliphatic heterocycles. The van der Waals surface area contributed by atoms with Gasteiger partial charge in [0.15, 0.2) is 0 Å². The Hall–Kier alpha value is -1.38. The van der Waals surface area contributed by atoms with E-state index in [4.69, 9.17) is 5.11 Å². The molecule has 1 aromatic carbocycles. The van der Waals surface area contributed by atoms with Crippen molar-refractivity contribution in [2.45, 2.75) is 52.4 Å². The normalized spacial score (nSPS) is 12.4. The molecule has 0 spiro atoms. The van der Waals surface area contributed by atoms with Crippen molar-refractivity contribution < 1.29 is 14.3 Å². The van der Waals surface area contributed by atoms with Gasteiger partial charge in [0.25, 0.3) is 0 Å². The van der Waals surface area contributed by atoms with E-state index in [9.17, 15) is 9.18 Å². The van der Waals surface area contributed by atoms with E-state index in [1.54, 1.807) is 6.07 Å². The van der Waals surface area contributed by atoms with Crippen LogP contribution in [0.2, 0.25) is 0 Å². The summed E-state index contributed by atoms with van der Waals surface area (Å²) in [5.74, 6) is -1.28. The molecule has 0 saturated carbocycles. The van der Waals surface area contributed by atoms with Crippen molar-refractivity contribution in [1.82, 2.24) is 0 Å². The number of halogens is 1. The molecule has 0 aliphatic carbocycles. The van der Waals surface area contributed by atoms with Gasteiger partial charge in [0, 0.05) is 0 Å². The first-order valence-corrected chi connectivity index (χ1v) is 7.10. The van der Waals surface area contributed by atoms with Crippen LogP contribution in [0, 0.1) is 11.7 Å². The molecule has 106 valence electrons. The van der Waals surface area contributed by atoms with Crippen LogP contribution >= 0.6 is 0 Å². The molecule has 0 fully saturated rings. The maximum absolute atomic E-state index is 13.6. The smallest absolute Gasteiger partial charge is 0.338 e. The molecule has 1 atom stereocenters. The monoisotopic (exact) mass is 266 g/mol. The van der Waals surface area contributed by atoms with Gasteiger partial charge in [-0.2, -0.15) is 0 Å². The molecule has 0 bridgehead atoms. The van der Waals surface area contributed by atoms with Gasteiger partial charge in [0.05, 0.1) is 5.56 Å². The first-order valence-electron chi connectivity index (χ1n) is 7.10. The van der Waals surface area contributed by atoms with Crippen LogP contribution in [0.3, 0.4) is 0 Å². The summed E-state index contributed by atoms with van der Waals surface area (Å²) < 4.78 is 13.6. The quantitative estimate of drug-likeness (QED) is 0.694. The number of carboxylic acids is 1. The summed E-state index contributed by atoms with van der Waals surface area (Å²) in [5, 5.41) is 8.79. The lowest BCUT2D eigenvalue weighted by Crippen LogP contribution is -2.06. The molecule has 0 aromatic heterocycles. The summed E-state index contributed by atoms with van der Waals surface area (Å²) in [7, 11) is 0. The van der Waals surface area contributed by atoms with E-state index in [1.165, 1.54) is 31.4 Å². The van der Waals surface area contributed by atoms with Gasteiger partial charge in [-0.3, -0.25) is 0 Å². The Morgan fingerprint density at radius 2 is 2.05 bits per heavy atom. The Morgan fingerprint density at radius 1 is 1.32 bits per heavy atom. The number of rotatable bonds is 8. The number of carbonyl (C=O) groups is 1. The average molecular weight is 266 g/mol. The average Bonchev–Trinajstić information content (AvgIpc) is 2.37. The molecule has 0 amide bonds. The van der Waals surface area contributed by atoms with E-state index in [1.807, 2.05) is 0 Å². The second-order valence-electron chi connectivity index (χ2n) is 5.09. The van der Waals surface area contributed by atoms with Gasteiger partial charge in [-0.05, 0) is 30.0 Å². The highest BCUT2D eigenvalue weighted by molar-refractivity contribution is 5.87. The van der Waals surface area contributed by atoms with Crippen LogP contribution in [-0.4, -0.2) is 11.1 Å². The third-order valence-corrected chi connectivity index (χ3v) is 3.58. The van der Waals surface area contributed by atoms with Crippen LogP contribution in [0.4, 0.5) is 4.39 Å². The van der Waals surface area contributed by atoms with Crippen LogP contribution in [0.1, 0.15) is 61.9 Å². The van der Waals surface area contributed by atoms with Gasteiger partial charge in [-0.15, -0.1) is 0 Å². The van der Waals surface area contributed by atoms with E-state index in [-0.39, 0.29) is 5.56 Å². The van der Waals surface area contributed by atoms with Crippen LogP contribution in [0.15, 0.2) is 18.2 Å². The Bertz CT molecular complexity index is 415. The number of hydrogen-bond acceptors (Lipinski definition) is 1. The maximum atomic E-state index is 13.6. The number of carboxylic acid groups (broad SMARTS) is 1. The summed E-state index contributed by atoms with van der Waals surface area (Å²) in [6.07, 6.45) is 6.72. The molecule has 2 nitrogen and oxygen atoms in total. The molecule has 0 saturated heterocycles. The fraction of sp³-hybridized carbons (Fsp3) is 0.562. The fourth-order valence-electron chi connectivity index (χ4n) is 2.33. The number of hydrogen-bond donors (Lipinski definition) is 1. The standard InChI is InChI=1S/C16H23FO2/c1-3-5-6-7-12(4-2)10-13-8-9-14(16(18)19)15(17)11-13/h8-9,11-12H,3-7,10H2,1-2H3,(H,18,19). The zero-order valence-electron chi connectivity index (χ0n) is 11.8.